The van der Waals surface area contributed by atoms with E-state index >= 15 is 0 Å². The number of benzene rings is 1. The Morgan fingerprint density at radius 1 is 1.43 bits per heavy atom. The van der Waals surface area contributed by atoms with Gasteiger partial charge in [-0.1, -0.05) is 0 Å². The highest BCUT2D eigenvalue weighted by atomic mass is 19.1. The standard InChI is InChI=1S/C14H17FN2O6/c1-14(2,3)23-13(20)16-11(7-12(18)19)9-5-4-8(17(21)22)6-10(9)15/h4-6,11H,7H2,1-3H3,(H,16,20)(H,18,19)/t11-/m1/s1. The first-order valence-electron chi connectivity index (χ1n) is 6.65. The monoisotopic (exact) mass is 328 g/mol. The van der Waals surface area contributed by atoms with Crippen LogP contribution in [0.25, 0.3) is 0 Å². The van der Waals surface area contributed by atoms with Gasteiger partial charge >= 0.3 is 12.1 Å². The molecular weight excluding hydrogens is 311 g/mol. The van der Waals surface area contributed by atoms with E-state index < -0.39 is 46.6 Å². The molecule has 0 aliphatic heterocycles. The number of carbonyl (C=O) groups is 2. The van der Waals surface area contributed by atoms with Crippen molar-refractivity contribution in [1.82, 2.24) is 5.32 Å². The van der Waals surface area contributed by atoms with Gasteiger partial charge in [0.1, 0.15) is 11.4 Å². The number of hydrogen-bond acceptors (Lipinski definition) is 5. The summed E-state index contributed by atoms with van der Waals surface area (Å²) in [7, 11) is 0. The van der Waals surface area contributed by atoms with Crippen LogP contribution in [0.15, 0.2) is 18.2 Å². The van der Waals surface area contributed by atoms with Gasteiger partial charge in [-0.05, 0) is 26.8 Å². The summed E-state index contributed by atoms with van der Waals surface area (Å²) in [6, 6.07) is 1.55. The number of carbonyl (C=O) groups excluding carboxylic acids is 1. The van der Waals surface area contributed by atoms with Gasteiger partial charge in [0.25, 0.3) is 5.69 Å². The van der Waals surface area contributed by atoms with Crippen molar-refractivity contribution >= 4 is 17.7 Å². The molecule has 1 atom stereocenters. The van der Waals surface area contributed by atoms with Gasteiger partial charge in [0.05, 0.1) is 23.5 Å². The zero-order valence-electron chi connectivity index (χ0n) is 12.8. The van der Waals surface area contributed by atoms with E-state index in [9.17, 15) is 24.1 Å². The third-order valence-electron chi connectivity index (χ3n) is 2.64. The zero-order chi connectivity index (χ0) is 17.8. The minimum atomic E-state index is -1.27. The Morgan fingerprint density at radius 3 is 2.48 bits per heavy atom. The summed E-state index contributed by atoms with van der Waals surface area (Å²) in [6.07, 6.45) is -1.52. The van der Waals surface area contributed by atoms with Crippen LogP contribution in [0.1, 0.15) is 38.8 Å². The van der Waals surface area contributed by atoms with Crippen molar-refractivity contribution in [2.75, 3.05) is 0 Å². The number of rotatable bonds is 5. The molecule has 0 radical (unpaired) electrons. The molecule has 23 heavy (non-hydrogen) atoms. The average molecular weight is 328 g/mol. The average Bonchev–Trinajstić information content (AvgIpc) is 2.34. The van der Waals surface area contributed by atoms with Crippen LogP contribution < -0.4 is 5.32 Å². The van der Waals surface area contributed by atoms with Crippen LogP contribution in [0.2, 0.25) is 0 Å². The largest absolute Gasteiger partial charge is 0.481 e. The van der Waals surface area contributed by atoms with Gasteiger partial charge in [-0.3, -0.25) is 14.9 Å². The molecule has 8 nitrogen and oxygen atoms in total. The first-order valence-corrected chi connectivity index (χ1v) is 6.65. The zero-order valence-corrected chi connectivity index (χ0v) is 12.8. The molecule has 0 aliphatic rings. The molecule has 0 unspecified atom stereocenters. The molecule has 2 N–H and O–H groups in total. The molecule has 1 aromatic carbocycles. The quantitative estimate of drug-likeness (QED) is 0.633. The summed E-state index contributed by atoms with van der Waals surface area (Å²) in [5.74, 6) is -2.26. The first kappa shape index (κ1) is 18.3. The van der Waals surface area contributed by atoms with E-state index in [4.69, 9.17) is 9.84 Å². The second-order valence-electron chi connectivity index (χ2n) is 5.76. The van der Waals surface area contributed by atoms with E-state index in [1.54, 1.807) is 20.8 Å². The van der Waals surface area contributed by atoms with Gasteiger partial charge < -0.3 is 15.2 Å². The molecule has 0 aliphatic carbocycles. The fourth-order valence-electron chi connectivity index (χ4n) is 1.78. The predicted octanol–water partition coefficient (Wildman–Crippen LogP) is 2.77. The SMILES string of the molecule is CC(C)(C)OC(=O)N[C@H](CC(=O)O)c1ccc([N+](=O)[O-])cc1F. The van der Waals surface area contributed by atoms with E-state index in [-0.39, 0.29) is 5.56 Å². The third-order valence-corrected chi connectivity index (χ3v) is 2.64. The molecule has 0 fully saturated rings. The minimum absolute atomic E-state index is 0.177. The molecule has 0 bridgehead atoms. The van der Waals surface area contributed by atoms with Crippen LogP contribution in [-0.4, -0.2) is 27.7 Å². The van der Waals surface area contributed by atoms with Crippen LogP contribution in [0.5, 0.6) is 0 Å². The van der Waals surface area contributed by atoms with Gasteiger partial charge in [-0.25, -0.2) is 9.18 Å². The molecule has 1 aromatic rings. The van der Waals surface area contributed by atoms with Crippen LogP contribution in [0.3, 0.4) is 0 Å². The molecule has 9 heteroatoms. The maximum atomic E-state index is 14.0. The summed E-state index contributed by atoms with van der Waals surface area (Å²) in [4.78, 5) is 32.5. The predicted molar refractivity (Wildman–Crippen MR) is 77.4 cm³/mol. The molecule has 0 heterocycles. The van der Waals surface area contributed by atoms with Crippen LogP contribution in [0, 0.1) is 15.9 Å². The number of carboxylic acids is 1. The number of halogens is 1. The fourth-order valence-corrected chi connectivity index (χ4v) is 1.78. The molecule has 0 spiro atoms. The number of amides is 1. The Balaban J connectivity index is 3.05. The van der Waals surface area contributed by atoms with E-state index in [0.29, 0.717) is 6.07 Å². The molecule has 1 amide bonds. The second-order valence-corrected chi connectivity index (χ2v) is 5.76. The Hall–Kier alpha value is -2.71. The normalized spacial score (nSPS) is 12.3. The van der Waals surface area contributed by atoms with Crippen molar-refractivity contribution in [3.05, 3.63) is 39.7 Å². The topological polar surface area (TPSA) is 119 Å². The summed E-state index contributed by atoms with van der Waals surface area (Å²) < 4.78 is 19.0. The molecule has 0 saturated heterocycles. The van der Waals surface area contributed by atoms with E-state index in [1.165, 1.54) is 0 Å². The Bertz CT molecular complexity index is 626. The number of carboxylic acid groups (broad SMARTS) is 1. The first-order chi connectivity index (χ1) is 10.5. The number of non-ortho nitro benzene ring substituents is 1. The molecule has 0 saturated carbocycles. The van der Waals surface area contributed by atoms with E-state index in [0.717, 1.165) is 12.1 Å². The van der Waals surface area contributed by atoms with Crippen molar-refractivity contribution in [2.24, 2.45) is 0 Å². The molecule has 126 valence electrons. The maximum absolute atomic E-state index is 14.0. The maximum Gasteiger partial charge on any atom is 0.408 e. The summed E-state index contributed by atoms with van der Waals surface area (Å²) in [6.45, 7) is 4.85. The van der Waals surface area contributed by atoms with E-state index in [1.807, 2.05) is 0 Å². The molecular formula is C14H17FN2O6. The van der Waals surface area contributed by atoms with Crippen LogP contribution in [0.4, 0.5) is 14.9 Å². The van der Waals surface area contributed by atoms with Crippen molar-refractivity contribution < 1.29 is 28.7 Å². The highest BCUT2D eigenvalue weighted by molar-refractivity contribution is 5.72. The number of nitro benzene ring substituents is 1. The number of nitrogens with zero attached hydrogens (tertiary/aromatic N) is 1. The Labute approximate surface area is 131 Å². The van der Waals surface area contributed by atoms with Gasteiger partial charge in [0, 0.05) is 11.6 Å². The van der Waals surface area contributed by atoms with Crippen molar-refractivity contribution in [2.45, 2.75) is 38.8 Å². The number of alkyl carbamates (subject to hydrolysis) is 1. The fraction of sp³-hybridized carbons (Fsp3) is 0.429. The number of nitro groups is 1. The van der Waals surface area contributed by atoms with Crippen LogP contribution in [-0.2, 0) is 9.53 Å². The summed E-state index contributed by atoms with van der Waals surface area (Å²) in [5, 5.41) is 21.8. The van der Waals surface area contributed by atoms with E-state index in [2.05, 4.69) is 5.32 Å². The number of nitrogens with one attached hydrogen (secondary N) is 1. The van der Waals surface area contributed by atoms with Gasteiger partial charge in [-0.15, -0.1) is 0 Å². The lowest BCUT2D eigenvalue weighted by molar-refractivity contribution is -0.385. The lowest BCUT2D eigenvalue weighted by Gasteiger charge is -2.23. The Kier molecular flexibility index (Phi) is 5.61. The van der Waals surface area contributed by atoms with Gasteiger partial charge in [0.15, 0.2) is 0 Å². The highest BCUT2D eigenvalue weighted by Gasteiger charge is 2.25. The Morgan fingerprint density at radius 2 is 2.04 bits per heavy atom. The molecule has 1 rings (SSSR count). The van der Waals surface area contributed by atoms with Gasteiger partial charge in [-0.2, -0.15) is 0 Å². The lowest BCUT2D eigenvalue weighted by atomic mass is 10.0. The smallest absolute Gasteiger partial charge is 0.408 e. The molecule has 0 aromatic heterocycles. The summed E-state index contributed by atoms with van der Waals surface area (Å²) in [5.41, 5.74) is -1.47. The van der Waals surface area contributed by atoms with Gasteiger partial charge in [0.2, 0.25) is 0 Å². The minimum Gasteiger partial charge on any atom is -0.481 e. The lowest BCUT2D eigenvalue weighted by Crippen LogP contribution is -2.36. The third kappa shape index (κ3) is 5.89. The highest BCUT2D eigenvalue weighted by Crippen LogP contribution is 2.24. The number of aliphatic carboxylic acids is 1. The second kappa shape index (κ2) is 7.03. The number of ether oxygens (including phenoxy) is 1. The van der Waals surface area contributed by atoms with Crippen molar-refractivity contribution in [3.63, 3.8) is 0 Å². The summed E-state index contributed by atoms with van der Waals surface area (Å²) >= 11 is 0. The van der Waals surface area contributed by atoms with Crippen molar-refractivity contribution in [3.8, 4) is 0 Å². The van der Waals surface area contributed by atoms with Crippen LogP contribution >= 0.6 is 0 Å². The van der Waals surface area contributed by atoms with Crippen molar-refractivity contribution in [1.29, 1.82) is 0 Å². The number of hydrogen-bond donors (Lipinski definition) is 2.